The third kappa shape index (κ3) is 0.699. The zero-order valence-electron chi connectivity index (χ0n) is 5.20. The second kappa shape index (κ2) is 1.98. The third-order valence-corrected chi connectivity index (χ3v) is 1.25. The van der Waals surface area contributed by atoms with Gasteiger partial charge in [0.05, 0.1) is 12.5 Å². The number of hydrogen-bond acceptors (Lipinski definition) is 3. The standard InChI is InChI=1S/C6H6N4/c1-2-8-6-5(3-7-1)9-4-10-6/h1-4,8H,(H,9,10). The normalized spacial score (nSPS) is 14.0. The van der Waals surface area contributed by atoms with Gasteiger partial charge in [0.1, 0.15) is 5.69 Å². The summed E-state index contributed by atoms with van der Waals surface area (Å²) in [5.41, 5.74) is 0.907. The lowest BCUT2D eigenvalue weighted by Crippen LogP contribution is -1.89. The summed E-state index contributed by atoms with van der Waals surface area (Å²) in [5.74, 6) is 0.817. The first kappa shape index (κ1) is 5.22. The predicted molar refractivity (Wildman–Crippen MR) is 38.9 cm³/mol. The molecular weight excluding hydrogens is 128 g/mol. The molecule has 0 saturated carbocycles. The van der Waals surface area contributed by atoms with Crippen molar-refractivity contribution in [1.29, 1.82) is 0 Å². The summed E-state index contributed by atoms with van der Waals surface area (Å²) < 4.78 is 0. The van der Waals surface area contributed by atoms with Crippen LogP contribution in [0.25, 0.3) is 0 Å². The fraction of sp³-hybridized carbons (Fsp3) is 0. The van der Waals surface area contributed by atoms with E-state index in [0.29, 0.717) is 0 Å². The van der Waals surface area contributed by atoms with Crippen LogP contribution in [0.15, 0.2) is 23.7 Å². The Morgan fingerprint density at radius 1 is 1.40 bits per heavy atom. The van der Waals surface area contributed by atoms with Crippen LogP contribution in [0.4, 0.5) is 5.82 Å². The van der Waals surface area contributed by atoms with Crippen molar-refractivity contribution >= 4 is 12.0 Å². The summed E-state index contributed by atoms with van der Waals surface area (Å²) in [6.07, 6.45) is 6.76. The lowest BCUT2D eigenvalue weighted by molar-refractivity contribution is 1.30. The molecule has 0 saturated heterocycles. The molecule has 0 aliphatic carbocycles. The second-order valence-electron chi connectivity index (χ2n) is 1.90. The van der Waals surface area contributed by atoms with Crippen LogP contribution in [0.1, 0.15) is 5.69 Å². The highest BCUT2D eigenvalue weighted by atomic mass is 15.1. The minimum absolute atomic E-state index is 0.817. The molecule has 50 valence electrons. The summed E-state index contributed by atoms with van der Waals surface area (Å²) in [6, 6.07) is 0. The van der Waals surface area contributed by atoms with Crippen molar-refractivity contribution in [3.63, 3.8) is 0 Å². The van der Waals surface area contributed by atoms with Crippen LogP contribution in [0.5, 0.6) is 0 Å². The van der Waals surface area contributed by atoms with Gasteiger partial charge >= 0.3 is 0 Å². The molecule has 1 aliphatic heterocycles. The van der Waals surface area contributed by atoms with Crippen molar-refractivity contribution < 1.29 is 0 Å². The van der Waals surface area contributed by atoms with Gasteiger partial charge in [-0.1, -0.05) is 0 Å². The van der Waals surface area contributed by atoms with E-state index in [0.717, 1.165) is 11.5 Å². The van der Waals surface area contributed by atoms with Crippen LogP contribution in [-0.2, 0) is 0 Å². The summed E-state index contributed by atoms with van der Waals surface area (Å²) in [6.45, 7) is 0. The van der Waals surface area contributed by atoms with Crippen LogP contribution < -0.4 is 5.32 Å². The highest BCUT2D eigenvalue weighted by molar-refractivity contribution is 5.85. The van der Waals surface area contributed by atoms with Crippen LogP contribution in [-0.4, -0.2) is 16.2 Å². The van der Waals surface area contributed by atoms with E-state index in [2.05, 4.69) is 20.3 Å². The van der Waals surface area contributed by atoms with Crippen LogP contribution in [0.2, 0.25) is 0 Å². The fourth-order valence-electron chi connectivity index (χ4n) is 0.795. The van der Waals surface area contributed by atoms with Crippen molar-refractivity contribution in [1.82, 2.24) is 9.97 Å². The molecular formula is C6H6N4. The number of fused-ring (bicyclic) bond motifs is 1. The van der Waals surface area contributed by atoms with E-state index in [9.17, 15) is 0 Å². The Morgan fingerprint density at radius 2 is 2.40 bits per heavy atom. The number of aromatic amines is 1. The molecule has 4 nitrogen and oxygen atoms in total. The molecule has 1 aliphatic rings. The molecule has 2 heterocycles. The van der Waals surface area contributed by atoms with E-state index in [1.54, 1.807) is 24.9 Å². The molecule has 0 unspecified atom stereocenters. The molecule has 0 aromatic carbocycles. The van der Waals surface area contributed by atoms with E-state index >= 15 is 0 Å². The first-order chi connectivity index (χ1) is 4.97. The number of anilines is 1. The van der Waals surface area contributed by atoms with E-state index in [1.165, 1.54) is 0 Å². The molecule has 0 atom stereocenters. The average Bonchev–Trinajstić information content (AvgIpc) is 2.28. The molecule has 0 spiro atoms. The van der Waals surface area contributed by atoms with E-state index in [1.807, 2.05) is 0 Å². The molecule has 2 rings (SSSR count). The Bertz CT molecular complexity index is 284. The smallest absolute Gasteiger partial charge is 0.157 e. The Kier molecular flexibility index (Phi) is 1.04. The van der Waals surface area contributed by atoms with Crippen molar-refractivity contribution in [3.05, 3.63) is 24.4 Å². The highest BCUT2D eigenvalue weighted by Crippen LogP contribution is 2.08. The van der Waals surface area contributed by atoms with Crippen LogP contribution in [0.3, 0.4) is 0 Å². The topological polar surface area (TPSA) is 53.1 Å². The molecule has 0 amide bonds. The number of aliphatic imine (C=N–C) groups is 1. The number of nitrogens with one attached hydrogen (secondary N) is 2. The molecule has 0 fully saturated rings. The number of rotatable bonds is 0. The van der Waals surface area contributed by atoms with Gasteiger partial charge in [0, 0.05) is 12.4 Å². The van der Waals surface area contributed by atoms with Crippen molar-refractivity contribution in [2.24, 2.45) is 4.99 Å². The lowest BCUT2D eigenvalue weighted by Gasteiger charge is -1.90. The molecule has 0 radical (unpaired) electrons. The maximum absolute atomic E-state index is 4.01. The van der Waals surface area contributed by atoms with Crippen LogP contribution in [0, 0.1) is 0 Å². The van der Waals surface area contributed by atoms with Crippen LogP contribution >= 0.6 is 0 Å². The molecule has 0 bridgehead atoms. The van der Waals surface area contributed by atoms with Gasteiger partial charge in [0.25, 0.3) is 0 Å². The molecule has 4 heteroatoms. The molecule has 2 N–H and O–H groups in total. The van der Waals surface area contributed by atoms with Gasteiger partial charge in [-0.15, -0.1) is 0 Å². The number of H-pyrrole nitrogens is 1. The van der Waals surface area contributed by atoms with Crippen molar-refractivity contribution in [2.75, 3.05) is 5.32 Å². The minimum atomic E-state index is 0.817. The van der Waals surface area contributed by atoms with E-state index in [4.69, 9.17) is 0 Å². The van der Waals surface area contributed by atoms with Gasteiger partial charge in [-0.05, 0) is 0 Å². The highest BCUT2D eigenvalue weighted by Gasteiger charge is 2.00. The van der Waals surface area contributed by atoms with E-state index < -0.39 is 0 Å². The summed E-state index contributed by atoms with van der Waals surface area (Å²) >= 11 is 0. The number of aromatic nitrogens is 2. The molecule has 1 aromatic heterocycles. The quantitative estimate of drug-likeness (QED) is 0.549. The minimum Gasteiger partial charge on any atom is -0.343 e. The first-order valence-electron chi connectivity index (χ1n) is 2.95. The van der Waals surface area contributed by atoms with E-state index in [-0.39, 0.29) is 0 Å². The predicted octanol–water partition coefficient (Wildman–Crippen LogP) is 0.725. The van der Waals surface area contributed by atoms with Gasteiger partial charge in [0.15, 0.2) is 5.82 Å². The maximum atomic E-state index is 4.01. The van der Waals surface area contributed by atoms with Gasteiger partial charge in [-0.25, -0.2) is 4.98 Å². The molecule has 10 heavy (non-hydrogen) atoms. The second-order valence-corrected chi connectivity index (χ2v) is 1.90. The third-order valence-electron chi connectivity index (χ3n) is 1.25. The number of hydrogen-bond donors (Lipinski definition) is 2. The summed E-state index contributed by atoms with van der Waals surface area (Å²) in [7, 11) is 0. The number of nitrogens with zero attached hydrogens (tertiary/aromatic N) is 2. The summed E-state index contributed by atoms with van der Waals surface area (Å²) in [4.78, 5) is 10.9. The average molecular weight is 134 g/mol. The van der Waals surface area contributed by atoms with Crippen molar-refractivity contribution in [3.8, 4) is 0 Å². The zero-order valence-corrected chi connectivity index (χ0v) is 5.20. The monoisotopic (exact) mass is 134 g/mol. The largest absolute Gasteiger partial charge is 0.343 e. The lowest BCUT2D eigenvalue weighted by atomic mass is 10.5. The Labute approximate surface area is 57.7 Å². The number of imidazole rings is 1. The first-order valence-corrected chi connectivity index (χ1v) is 2.95. The Hall–Kier alpha value is -1.58. The zero-order chi connectivity index (χ0) is 6.81. The van der Waals surface area contributed by atoms with Gasteiger partial charge in [-0.3, -0.25) is 4.99 Å². The fourth-order valence-corrected chi connectivity index (χ4v) is 0.795. The van der Waals surface area contributed by atoms with Gasteiger partial charge in [-0.2, -0.15) is 0 Å². The molecule has 1 aromatic rings. The SMILES string of the molecule is C1=CNc2nc[nH]c2C=N1. The Morgan fingerprint density at radius 3 is 3.40 bits per heavy atom. The Balaban J connectivity index is 2.50. The van der Waals surface area contributed by atoms with Crippen molar-refractivity contribution in [2.45, 2.75) is 0 Å². The summed E-state index contributed by atoms with van der Waals surface area (Å²) in [5, 5.41) is 2.96. The maximum Gasteiger partial charge on any atom is 0.157 e. The van der Waals surface area contributed by atoms with Gasteiger partial charge < -0.3 is 10.3 Å². The van der Waals surface area contributed by atoms with Gasteiger partial charge in [0.2, 0.25) is 0 Å².